The first kappa shape index (κ1) is 12.2. The molecular formula is C12H22BN2+. The first-order valence-electron chi connectivity index (χ1n) is 5.68. The van der Waals surface area contributed by atoms with Gasteiger partial charge in [0.25, 0.3) is 0 Å². The van der Waals surface area contributed by atoms with Crippen LogP contribution in [0, 0.1) is 0 Å². The van der Waals surface area contributed by atoms with Crippen LogP contribution in [0.5, 0.6) is 0 Å². The second-order valence-corrected chi connectivity index (χ2v) is 4.99. The lowest BCUT2D eigenvalue weighted by Crippen LogP contribution is -2.56. The Labute approximate surface area is 94.4 Å². The molecule has 0 aliphatic rings. The van der Waals surface area contributed by atoms with E-state index in [4.69, 9.17) is 0 Å². The topological polar surface area (TPSA) is 3.88 Å². The summed E-state index contributed by atoms with van der Waals surface area (Å²) >= 11 is 0. The number of pyridine rings is 1. The van der Waals surface area contributed by atoms with Gasteiger partial charge in [0.05, 0.1) is 0 Å². The van der Waals surface area contributed by atoms with Gasteiger partial charge in [0.15, 0.2) is 0 Å². The van der Waals surface area contributed by atoms with Crippen molar-refractivity contribution in [3.8, 4) is 0 Å². The molecule has 1 aromatic rings. The third-order valence-corrected chi connectivity index (χ3v) is 2.18. The van der Waals surface area contributed by atoms with Gasteiger partial charge >= 0.3 is 7.55 Å². The van der Waals surface area contributed by atoms with Crippen LogP contribution in [0.1, 0.15) is 25.3 Å². The summed E-state index contributed by atoms with van der Waals surface area (Å²) in [7, 11) is 8.67. The fourth-order valence-electron chi connectivity index (χ4n) is 1.54. The number of hydrogen-bond donors (Lipinski definition) is 0. The van der Waals surface area contributed by atoms with Crippen LogP contribution in [0.4, 0.5) is 0 Å². The Kier molecular flexibility index (Phi) is 4.34. The number of aryl methyl sites for hydroxylation is 1. The summed E-state index contributed by atoms with van der Waals surface area (Å²) in [5.41, 5.74) is 1.42. The Balaban J connectivity index is 2.66. The summed E-state index contributed by atoms with van der Waals surface area (Å²) in [4.78, 5) is 0. The third-order valence-electron chi connectivity index (χ3n) is 2.18. The molecule has 2 nitrogen and oxygen atoms in total. The number of rotatable bonds is 5. The number of quaternary nitrogens is 1. The average Bonchev–Trinajstić information content (AvgIpc) is 2.12. The minimum absolute atomic E-state index is 0.835. The van der Waals surface area contributed by atoms with Gasteiger partial charge in [-0.3, -0.25) is 0 Å². The molecule has 0 spiro atoms. The van der Waals surface area contributed by atoms with Crippen LogP contribution in [-0.2, 0) is 6.42 Å². The van der Waals surface area contributed by atoms with Crippen molar-refractivity contribution in [1.29, 1.82) is 0 Å². The molecule has 1 heterocycles. The van der Waals surface area contributed by atoms with Crippen LogP contribution in [0.25, 0.3) is 0 Å². The van der Waals surface area contributed by atoms with E-state index in [2.05, 4.69) is 64.6 Å². The van der Waals surface area contributed by atoms with E-state index in [-0.39, 0.29) is 0 Å². The molecule has 0 N–H and O–H groups in total. The molecule has 3 heteroatoms. The number of unbranched alkanes of at least 4 members (excludes halogenated alkanes) is 1. The molecule has 82 valence electrons. The molecule has 0 aliphatic heterocycles. The van der Waals surface area contributed by atoms with Crippen LogP contribution in [-0.4, -0.2) is 33.1 Å². The lowest BCUT2D eigenvalue weighted by molar-refractivity contribution is -0.807. The van der Waals surface area contributed by atoms with Crippen LogP contribution < -0.4 is 4.48 Å². The minimum atomic E-state index is 0.835. The molecule has 0 unspecified atom stereocenters. The lowest BCUT2D eigenvalue weighted by atomic mass is 10.0. The molecule has 1 aromatic heterocycles. The Morgan fingerprint density at radius 3 is 2.67 bits per heavy atom. The van der Waals surface area contributed by atoms with Gasteiger partial charge in [-0.15, -0.1) is 0 Å². The highest BCUT2D eigenvalue weighted by molar-refractivity contribution is 6.13. The van der Waals surface area contributed by atoms with Crippen molar-refractivity contribution < 1.29 is 8.87 Å². The van der Waals surface area contributed by atoms with Gasteiger partial charge in [-0.25, -0.2) is 0 Å². The molecule has 0 atom stereocenters. The highest BCUT2D eigenvalue weighted by Crippen LogP contribution is 2.01. The molecule has 0 saturated heterocycles. The average molecular weight is 205 g/mol. The fraction of sp³-hybridized carbons (Fsp3) is 0.583. The standard InChI is InChI=1S/C12H22BN2/c1-5-6-8-12-9-7-10-14(11-12)13-15(2,3)4/h7,9-11H,5-6,8H2,1-4H3/q+1. The van der Waals surface area contributed by atoms with Gasteiger partial charge < -0.3 is 8.87 Å². The maximum Gasteiger partial charge on any atom is 0.431 e. The van der Waals surface area contributed by atoms with Gasteiger partial charge in [-0.1, -0.05) is 13.3 Å². The Morgan fingerprint density at radius 1 is 1.33 bits per heavy atom. The van der Waals surface area contributed by atoms with Gasteiger partial charge in [0.1, 0.15) is 12.4 Å². The lowest BCUT2D eigenvalue weighted by Gasteiger charge is -2.31. The smallest absolute Gasteiger partial charge is 0.431 e. The van der Waals surface area contributed by atoms with Crippen molar-refractivity contribution in [1.82, 2.24) is 0 Å². The minimum Gasteiger partial charge on any atom is -0.501 e. The molecule has 0 fully saturated rings. The molecule has 0 saturated carbocycles. The number of nitrogens with zero attached hydrogens (tertiary/aromatic N) is 2. The van der Waals surface area contributed by atoms with Gasteiger partial charge in [0.2, 0.25) is 0 Å². The van der Waals surface area contributed by atoms with Crippen molar-refractivity contribution in [3.63, 3.8) is 0 Å². The van der Waals surface area contributed by atoms with Crippen molar-refractivity contribution in [3.05, 3.63) is 30.1 Å². The first-order valence-corrected chi connectivity index (χ1v) is 5.68. The summed E-state index contributed by atoms with van der Waals surface area (Å²) in [6, 6.07) is 4.33. The van der Waals surface area contributed by atoms with E-state index in [0.717, 1.165) is 4.39 Å². The summed E-state index contributed by atoms with van der Waals surface area (Å²) in [6.07, 6.45) is 8.03. The van der Waals surface area contributed by atoms with E-state index in [1.54, 1.807) is 0 Å². The normalized spacial score (nSPS) is 11.7. The predicted molar refractivity (Wildman–Crippen MR) is 64.4 cm³/mol. The Bertz CT molecular complexity index is 305. The zero-order valence-electron chi connectivity index (χ0n) is 10.4. The SMILES string of the molecule is CCCCc1ccc[n+]([B-][N+](C)(C)C)c1. The first-order chi connectivity index (χ1) is 7.01. The van der Waals surface area contributed by atoms with E-state index in [1.165, 1.54) is 24.8 Å². The molecule has 0 aromatic carbocycles. The number of hydrogen-bond acceptors (Lipinski definition) is 0. The molecule has 15 heavy (non-hydrogen) atoms. The van der Waals surface area contributed by atoms with E-state index < -0.39 is 0 Å². The molecule has 1 rings (SSSR count). The largest absolute Gasteiger partial charge is 0.501 e. The van der Waals surface area contributed by atoms with E-state index in [0.29, 0.717) is 0 Å². The monoisotopic (exact) mass is 205 g/mol. The van der Waals surface area contributed by atoms with Crippen LogP contribution in [0.15, 0.2) is 24.5 Å². The third kappa shape index (κ3) is 4.98. The van der Waals surface area contributed by atoms with Crippen molar-refractivity contribution in [2.45, 2.75) is 26.2 Å². The Hall–Kier alpha value is -0.825. The van der Waals surface area contributed by atoms with Crippen LogP contribution in [0.3, 0.4) is 0 Å². The number of aromatic nitrogens is 1. The second-order valence-electron chi connectivity index (χ2n) is 4.99. The summed E-state index contributed by atoms with van der Waals surface area (Å²) in [6.45, 7) is 2.23. The second kappa shape index (κ2) is 5.31. The molecular weight excluding hydrogens is 183 g/mol. The van der Waals surface area contributed by atoms with E-state index in [1.807, 2.05) is 0 Å². The fourth-order valence-corrected chi connectivity index (χ4v) is 1.54. The summed E-state index contributed by atoms with van der Waals surface area (Å²) in [5, 5.41) is 0. The van der Waals surface area contributed by atoms with Crippen LogP contribution in [0.2, 0.25) is 0 Å². The highest BCUT2D eigenvalue weighted by atomic mass is 15.3. The van der Waals surface area contributed by atoms with Gasteiger partial charge in [-0.05, 0) is 25.0 Å². The molecule has 0 bridgehead atoms. The van der Waals surface area contributed by atoms with Crippen molar-refractivity contribution in [2.75, 3.05) is 21.1 Å². The van der Waals surface area contributed by atoms with E-state index in [9.17, 15) is 0 Å². The highest BCUT2D eigenvalue weighted by Gasteiger charge is 2.07. The van der Waals surface area contributed by atoms with Gasteiger partial charge in [0, 0.05) is 26.7 Å². The maximum atomic E-state index is 2.23. The Morgan fingerprint density at radius 2 is 2.07 bits per heavy atom. The predicted octanol–water partition coefficient (Wildman–Crippen LogP) is 1.41. The van der Waals surface area contributed by atoms with Crippen LogP contribution >= 0.6 is 0 Å². The van der Waals surface area contributed by atoms with Crippen molar-refractivity contribution >= 4 is 7.55 Å². The molecule has 2 radical (unpaired) electrons. The maximum absolute atomic E-state index is 2.23. The molecule has 0 aliphatic carbocycles. The zero-order valence-corrected chi connectivity index (χ0v) is 10.4. The van der Waals surface area contributed by atoms with Crippen molar-refractivity contribution in [2.24, 2.45) is 0 Å². The molecule has 0 amide bonds. The van der Waals surface area contributed by atoms with E-state index >= 15 is 0 Å². The summed E-state index contributed by atoms with van der Waals surface area (Å²) < 4.78 is 2.99. The zero-order chi connectivity index (χ0) is 11.3. The quantitative estimate of drug-likeness (QED) is 0.640. The van der Waals surface area contributed by atoms with Gasteiger partial charge in [-0.2, -0.15) is 0 Å². The summed E-state index contributed by atoms with van der Waals surface area (Å²) in [5.74, 6) is 0.